The summed E-state index contributed by atoms with van der Waals surface area (Å²) in [4.78, 5) is 53.1. The van der Waals surface area contributed by atoms with Crippen LogP contribution in [0.3, 0.4) is 0 Å². The van der Waals surface area contributed by atoms with Crippen molar-refractivity contribution in [2.75, 3.05) is 105 Å². The van der Waals surface area contributed by atoms with Crippen LogP contribution in [0.5, 0.6) is 0 Å². The minimum Gasteiger partial charge on any atom is -0.356 e. The van der Waals surface area contributed by atoms with Crippen molar-refractivity contribution in [1.29, 1.82) is 0 Å². The Hall–Kier alpha value is -2.40. The van der Waals surface area contributed by atoms with E-state index in [-0.39, 0.29) is 23.6 Å². The molecular formula is C30H65N11O4. The molecule has 0 heterocycles. The van der Waals surface area contributed by atoms with E-state index in [2.05, 4.69) is 36.4 Å². The van der Waals surface area contributed by atoms with Crippen molar-refractivity contribution in [2.24, 2.45) is 22.9 Å². The van der Waals surface area contributed by atoms with Gasteiger partial charge in [-0.05, 0) is 90.9 Å². The zero-order valence-corrected chi connectivity index (χ0v) is 27.7. The Kier molecular flexibility index (Phi) is 29.9. The summed E-state index contributed by atoms with van der Waals surface area (Å²) in [5.41, 5.74) is 22.0. The molecule has 0 saturated heterocycles. The Morgan fingerprint density at radius 1 is 0.378 bits per heavy atom. The number of carbonyl (C=O) groups excluding carboxylic acids is 4. The Morgan fingerprint density at radius 2 is 0.644 bits per heavy atom. The molecule has 15 heteroatoms. The summed E-state index contributed by atoms with van der Waals surface area (Å²) in [6.45, 7) is 9.91. The van der Waals surface area contributed by atoms with E-state index < -0.39 is 0 Å². The van der Waals surface area contributed by atoms with Gasteiger partial charge in [0.2, 0.25) is 23.6 Å². The summed E-state index contributed by atoms with van der Waals surface area (Å²) in [7, 11) is 0. The molecule has 264 valence electrons. The van der Waals surface area contributed by atoms with E-state index in [0.29, 0.717) is 104 Å². The summed E-state index contributed by atoms with van der Waals surface area (Å²) < 4.78 is 0. The van der Waals surface area contributed by atoms with Crippen LogP contribution in [-0.2, 0) is 19.2 Å². The van der Waals surface area contributed by atoms with Crippen LogP contribution in [0.2, 0.25) is 0 Å². The van der Waals surface area contributed by atoms with E-state index >= 15 is 0 Å². The first-order valence-electron chi connectivity index (χ1n) is 16.9. The van der Waals surface area contributed by atoms with Gasteiger partial charge in [0.25, 0.3) is 0 Å². The van der Waals surface area contributed by atoms with Crippen LogP contribution in [0.25, 0.3) is 0 Å². The molecule has 4 amide bonds. The van der Waals surface area contributed by atoms with E-state index in [1.165, 1.54) is 0 Å². The van der Waals surface area contributed by atoms with Gasteiger partial charge in [-0.3, -0.25) is 19.2 Å². The third-order valence-corrected chi connectivity index (χ3v) is 7.09. The zero-order chi connectivity index (χ0) is 33.4. The largest absolute Gasteiger partial charge is 0.356 e. The van der Waals surface area contributed by atoms with Gasteiger partial charge in [-0.2, -0.15) is 0 Å². The van der Waals surface area contributed by atoms with Gasteiger partial charge in [0.1, 0.15) is 0 Å². The molecule has 13 N–H and O–H groups in total. The number of hydrogen-bond acceptors (Lipinski definition) is 11. The maximum absolute atomic E-state index is 12.2. The lowest BCUT2D eigenvalue weighted by Crippen LogP contribution is -2.37. The summed E-state index contributed by atoms with van der Waals surface area (Å²) in [5, 5.41) is 15.0. The quantitative estimate of drug-likeness (QED) is 0.0344. The van der Waals surface area contributed by atoms with Gasteiger partial charge in [-0.25, -0.2) is 0 Å². The Labute approximate surface area is 271 Å². The Morgan fingerprint density at radius 3 is 0.889 bits per heavy atom. The average molecular weight is 644 g/mol. The van der Waals surface area contributed by atoms with Gasteiger partial charge in [-0.1, -0.05) is 0 Å². The van der Waals surface area contributed by atoms with Crippen molar-refractivity contribution in [2.45, 2.75) is 64.2 Å². The van der Waals surface area contributed by atoms with Crippen LogP contribution in [0, 0.1) is 0 Å². The normalized spacial score (nSPS) is 11.2. The summed E-state index contributed by atoms with van der Waals surface area (Å²) in [5.74, 6) is -0.0385. The second-order valence-corrected chi connectivity index (χ2v) is 11.1. The molecule has 0 saturated carbocycles. The van der Waals surface area contributed by atoms with Crippen LogP contribution in [0.4, 0.5) is 0 Å². The minimum atomic E-state index is -0.00962. The molecule has 0 spiro atoms. The third-order valence-electron chi connectivity index (χ3n) is 7.09. The Bertz CT molecular complexity index is 649. The van der Waals surface area contributed by atoms with Crippen LogP contribution in [0.1, 0.15) is 64.2 Å². The van der Waals surface area contributed by atoms with Gasteiger partial charge < -0.3 is 59.3 Å². The molecule has 0 aliphatic rings. The summed E-state index contributed by atoms with van der Waals surface area (Å²) in [6, 6.07) is 0. The number of nitrogens with two attached hydrogens (primary N) is 4. The van der Waals surface area contributed by atoms with Crippen LogP contribution < -0.4 is 49.5 Å². The average Bonchev–Trinajstić information content (AvgIpc) is 3.02. The van der Waals surface area contributed by atoms with Gasteiger partial charge in [0.05, 0.1) is 0 Å². The molecule has 0 rings (SSSR count). The number of rotatable bonds is 32. The molecular weight excluding hydrogens is 578 g/mol. The minimum absolute atomic E-state index is 0.00962. The molecule has 0 aliphatic heterocycles. The van der Waals surface area contributed by atoms with Crippen molar-refractivity contribution < 1.29 is 19.2 Å². The topological polar surface area (TPSA) is 239 Å². The maximum Gasteiger partial charge on any atom is 0.221 e. The van der Waals surface area contributed by atoms with Crippen molar-refractivity contribution >= 4 is 23.6 Å². The number of nitrogens with zero attached hydrogens (tertiary/aromatic N) is 2. The van der Waals surface area contributed by atoms with Crippen molar-refractivity contribution in [3.05, 3.63) is 0 Å². The fourth-order valence-electron chi connectivity index (χ4n) is 4.36. The van der Waals surface area contributed by atoms with E-state index in [1.807, 2.05) is 0 Å². The SMILES string of the molecule is NCCCNC(=O)CCN(CCCNCCCN(CCC(=O)NCCCN)CCC(=O)NCCCN)CCC(=O)NCCCN. The van der Waals surface area contributed by atoms with E-state index in [0.717, 1.165) is 64.7 Å². The molecule has 0 radical (unpaired) electrons. The lowest BCUT2D eigenvalue weighted by molar-refractivity contribution is -0.123. The van der Waals surface area contributed by atoms with Crippen molar-refractivity contribution in [1.82, 2.24) is 36.4 Å². The molecule has 15 nitrogen and oxygen atoms in total. The molecule has 0 aromatic rings. The molecule has 0 unspecified atom stereocenters. The van der Waals surface area contributed by atoms with Gasteiger partial charge in [-0.15, -0.1) is 0 Å². The van der Waals surface area contributed by atoms with Gasteiger partial charge >= 0.3 is 0 Å². The van der Waals surface area contributed by atoms with Crippen molar-refractivity contribution in [3.8, 4) is 0 Å². The van der Waals surface area contributed by atoms with Crippen molar-refractivity contribution in [3.63, 3.8) is 0 Å². The predicted octanol–water partition coefficient (Wildman–Crippen LogP) is -2.62. The fourth-order valence-corrected chi connectivity index (χ4v) is 4.36. The third kappa shape index (κ3) is 28.8. The maximum atomic E-state index is 12.2. The number of amides is 4. The van der Waals surface area contributed by atoms with E-state index in [4.69, 9.17) is 22.9 Å². The smallest absolute Gasteiger partial charge is 0.221 e. The molecule has 0 aliphatic carbocycles. The van der Waals surface area contributed by atoms with Crippen LogP contribution >= 0.6 is 0 Å². The second-order valence-electron chi connectivity index (χ2n) is 11.1. The molecule has 0 bridgehead atoms. The molecule has 0 fully saturated rings. The molecule has 0 aromatic heterocycles. The summed E-state index contributed by atoms with van der Waals surface area (Å²) in [6.07, 6.45) is 6.23. The molecule has 0 atom stereocenters. The number of nitrogens with one attached hydrogen (secondary N) is 5. The van der Waals surface area contributed by atoms with Crippen LogP contribution in [0.15, 0.2) is 0 Å². The lowest BCUT2D eigenvalue weighted by Gasteiger charge is -2.23. The highest BCUT2D eigenvalue weighted by Crippen LogP contribution is 2.00. The standard InChI is InChI=1S/C30H65N11O4/c31-11-1-17-36-27(42)7-23-40(24-8-28(43)37-18-2-12-32)21-5-15-35-16-6-22-41(25-9-29(44)38-19-3-13-33)26-10-30(45)39-20-4-14-34/h35H,1-26,31-34H2,(H,36,42)(H,37,43)(H,38,44)(H,39,45). The second kappa shape index (κ2) is 31.6. The summed E-state index contributed by atoms with van der Waals surface area (Å²) >= 11 is 0. The first-order chi connectivity index (χ1) is 21.9. The monoisotopic (exact) mass is 644 g/mol. The van der Waals surface area contributed by atoms with Gasteiger partial charge in [0.15, 0.2) is 0 Å². The lowest BCUT2D eigenvalue weighted by atomic mass is 10.2. The fraction of sp³-hybridized carbons (Fsp3) is 0.867. The van der Waals surface area contributed by atoms with E-state index in [9.17, 15) is 19.2 Å². The molecule has 45 heavy (non-hydrogen) atoms. The first kappa shape index (κ1) is 42.6. The Balaban J connectivity index is 4.59. The first-order valence-corrected chi connectivity index (χ1v) is 16.9. The predicted molar refractivity (Wildman–Crippen MR) is 180 cm³/mol. The highest BCUT2D eigenvalue weighted by atomic mass is 16.2. The zero-order valence-electron chi connectivity index (χ0n) is 27.7. The number of hydrogen-bond donors (Lipinski definition) is 9. The van der Waals surface area contributed by atoms with Crippen LogP contribution in [-0.4, -0.2) is 138 Å². The molecule has 0 aromatic carbocycles. The number of carbonyl (C=O) groups is 4. The highest BCUT2D eigenvalue weighted by Gasteiger charge is 2.12. The highest BCUT2D eigenvalue weighted by molar-refractivity contribution is 5.77. The van der Waals surface area contributed by atoms with Gasteiger partial charge in [0, 0.05) is 78.0 Å². The van der Waals surface area contributed by atoms with E-state index in [1.54, 1.807) is 0 Å².